The summed E-state index contributed by atoms with van der Waals surface area (Å²) in [6, 6.07) is 17.1. The first-order valence-corrected chi connectivity index (χ1v) is 12.2. The van der Waals surface area contributed by atoms with Gasteiger partial charge >= 0.3 is 0 Å². The Morgan fingerprint density at radius 1 is 1.00 bits per heavy atom. The Labute approximate surface area is 220 Å². The molecule has 0 bridgehead atoms. The number of rotatable bonds is 7. The van der Waals surface area contributed by atoms with Crippen LogP contribution in [0.1, 0.15) is 30.2 Å². The number of benzene rings is 2. The molecule has 9 heteroatoms. The summed E-state index contributed by atoms with van der Waals surface area (Å²) in [5.41, 5.74) is 4.22. The van der Waals surface area contributed by atoms with E-state index in [1.54, 1.807) is 24.0 Å². The molecule has 38 heavy (non-hydrogen) atoms. The minimum atomic E-state index is -0.321. The smallest absolute Gasteiger partial charge is 0.263 e. The number of pyridine rings is 1. The predicted octanol–water partition coefficient (Wildman–Crippen LogP) is 5.40. The second-order valence-electron chi connectivity index (χ2n) is 8.94. The van der Waals surface area contributed by atoms with Gasteiger partial charge in [-0.25, -0.2) is 15.0 Å². The topological polar surface area (TPSA) is 110 Å². The standard InChI is InChI=1S/C29H28N8O/c1-17(34-27-26(30-4)18(2)35-29(31-5)36-27)24-14-20-10-9-13-23(21-15-32-19(3)33-16-21)25(20)28(38)37(24)22-11-7-6-8-12-22/h6-17H,4H2,1-3,5H3,(H2,31,34,35,36). The number of hydrogen-bond donors (Lipinski definition) is 2. The van der Waals surface area contributed by atoms with Gasteiger partial charge in [-0.05, 0) is 56.6 Å². The van der Waals surface area contributed by atoms with Crippen molar-refractivity contribution >= 4 is 34.9 Å². The van der Waals surface area contributed by atoms with Crippen molar-refractivity contribution in [1.82, 2.24) is 24.5 Å². The fourth-order valence-corrected chi connectivity index (χ4v) is 4.56. The van der Waals surface area contributed by atoms with E-state index in [2.05, 4.69) is 42.3 Å². The zero-order valence-electron chi connectivity index (χ0n) is 21.7. The molecule has 2 N–H and O–H groups in total. The van der Waals surface area contributed by atoms with Gasteiger partial charge in [-0.15, -0.1) is 0 Å². The molecule has 0 amide bonds. The van der Waals surface area contributed by atoms with Crippen LogP contribution in [-0.2, 0) is 0 Å². The first kappa shape index (κ1) is 24.8. The SMILES string of the molecule is C=Nc1c(C)nc(NC)nc1NC(C)c1cc2cccc(-c3cnc(C)nc3)c2c(=O)n1-c1ccccc1. The molecule has 1 atom stereocenters. The molecule has 0 saturated carbocycles. The van der Waals surface area contributed by atoms with Gasteiger partial charge in [0.1, 0.15) is 11.5 Å². The van der Waals surface area contributed by atoms with Crippen LogP contribution in [0.15, 0.2) is 76.8 Å². The summed E-state index contributed by atoms with van der Waals surface area (Å²) in [4.78, 5) is 36.1. The van der Waals surface area contributed by atoms with Gasteiger partial charge in [-0.2, -0.15) is 4.98 Å². The summed E-state index contributed by atoms with van der Waals surface area (Å²) in [5.74, 6) is 1.67. The van der Waals surface area contributed by atoms with Crippen molar-refractivity contribution in [2.24, 2.45) is 4.99 Å². The molecule has 5 aromatic rings. The molecule has 3 aromatic heterocycles. The number of fused-ring (bicyclic) bond motifs is 1. The Hall–Kier alpha value is -4.92. The van der Waals surface area contributed by atoms with Crippen LogP contribution in [-0.4, -0.2) is 38.3 Å². The monoisotopic (exact) mass is 504 g/mol. The average molecular weight is 505 g/mol. The largest absolute Gasteiger partial charge is 0.360 e. The lowest BCUT2D eigenvalue weighted by Crippen LogP contribution is -2.26. The summed E-state index contributed by atoms with van der Waals surface area (Å²) in [6.45, 7) is 9.37. The number of nitrogens with one attached hydrogen (secondary N) is 2. The summed E-state index contributed by atoms with van der Waals surface area (Å²) >= 11 is 0. The fraction of sp³-hybridized carbons (Fsp3) is 0.172. The van der Waals surface area contributed by atoms with Crippen molar-refractivity contribution in [3.8, 4) is 16.8 Å². The predicted molar refractivity (Wildman–Crippen MR) is 153 cm³/mol. The van der Waals surface area contributed by atoms with Crippen molar-refractivity contribution in [3.63, 3.8) is 0 Å². The molecule has 0 aliphatic heterocycles. The minimum Gasteiger partial charge on any atom is -0.360 e. The van der Waals surface area contributed by atoms with E-state index in [-0.39, 0.29) is 11.6 Å². The molecule has 3 heterocycles. The van der Waals surface area contributed by atoms with Gasteiger partial charge in [-0.1, -0.05) is 36.4 Å². The van der Waals surface area contributed by atoms with E-state index in [0.717, 1.165) is 27.9 Å². The number of para-hydroxylation sites is 1. The van der Waals surface area contributed by atoms with Crippen LogP contribution in [0.25, 0.3) is 27.6 Å². The average Bonchev–Trinajstić information content (AvgIpc) is 2.93. The first-order valence-electron chi connectivity index (χ1n) is 12.2. The van der Waals surface area contributed by atoms with E-state index in [1.807, 2.05) is 75.4 Å². The summed E-state index contributed by atoms with van der Waals surface area (Å²) in [5, 5.41) is 7.84. The molecule has 0 aliphatic carbocycles. The van der Waals surface area contributed by atoms with Crippen LogP contribution in [0.3, 0.4) is 0 Å². The summed E-state index contributed by atoms with van der Waals surface area (Å²) in [7, 11) is 1.76. The van der Waals surface area contributed by atoms with Crippen molar-refractivity contribution in [2.45, 2.75) is 26.8 Å². The Morgan fingerprint density at radius 3 is 2.42 bits per heavy atom. The Balaban J connectivity index is 1.73. The van der Waals surface area contributed by atoms with Crippen LogP contribution in [0.2, 0.25) is 0 Å². The van der Waals surface area contributed by atoms with Gasteiger partial charge in [0.2, 0.25) is 5.95 Å². The first-order chi connectivity index (χ1) is 18.4. The maximum Gasteiger partial charge on any atom is 0.263 e. The van der Waals surface area contributed by atoms with Crippen molar-refractivity contribution in [1.29, 1.82) is 0 Å². The molecule has 9 nitrogen and oxygen atoms in total. The third kappa shape index (κ3) is 4.50. The van der Waals surface area contributed by atoms with E-state index >= 15 is 0 Å². The van der Waals surface area contributed by atoms with Crippen LogP contribution in [0.4, 0.5) is 17.5 Å². The number of aliphatic imine (C=N–C) groups is 1. The summed E-state index contributed by atoms with van der Waals surface area (Å²) < 4.78 is 1.74. The number of aryl methyl sites for hydroxylation is 2. The highest BCUT2D eigenvalue weighted by atomic mass is 16.1. The van der Waals surface area contributed by atoms with Crippen LogP contribution in [0.5, 0.6) is 0 Å². The molecule has 0 spiro atoms. The van der Waals surface area contributed by atoms with E-state index in [9.17, 15) is 4.79 Å². The van der Waals surface area contributed by atoms with Crippen LogP contribution >= 0.6 is 0 Å². The third-order valence-electron chi connectivity index (χ3n) is 6.42. The van der Waals surface area contributed by atoms with Gasteiger partial charge in [-0.3, -0.25) is 14.4 Å². The lowest BCUT2D eigenvalue weighted by Gasteiger charge is -2.23. The number of aromatic nitrogens is 5. The second kappa shape index (κ2) is 10.2. The lowest BCUT2D eigenvalue weighted by molar-refractivity contribution is 0.773. The molecule has 2 aromatic carbocycles. The van der Waals surface area contributed by atoms with Crippen LogP contribution < -0.4 is 16.2 Å². The molecule has 0 fully saturated rings. The third-order valence-corrected chi connectivity index (χ3v) is 6.42. The lowest BCUT2D eigenvalue weighted by atomic mass is 9.99. The van der Waals surface area contributed by atoms with E-state index in [4.69, 9.17) is 0 Å². The Kier molecular flexibility index (Phi) is 6.66. The maximum absolute atomic E-state index is 14.3. The quantitative estimate of drug-likeness (QED) is 0.286. The molecule has 0 saturated heterocycles. The van der Waals surface area contributed by atoms with Gasteiger partial charge in [0.05, 0.1) is 17.1 Å². The molecule has 0 radical (unpaired) electrons. The molecule has 0 aliphatic rings. The van der Waals surface area contributed by atoms with E-state index in [0.29, 0.717) is 34.4 Å². The highest BCUT2D eigenvalue weighted by Crippen LogP contribution is 2.32. The molecule has 5 rings (SSSR count). The molecule has 190 valence electrons. The maximum atomic E-state index is 14.3. The minimum absolute atomic E-state index is 0.134. The summed E-state index contributed by atoms with van der Waals surface area (Å²) in [6.07, 6.45) is 3.50. The van der Waals surface area contributed by atoms with Gasteiger partial charge < -0.3 is 10.6 Å². The number of nitrogens with zero attached hydrogens (tertiary/aromatic N) is 6. The van der Waals surface area contributed by atoms with Gasteiger partial charge in [0.25, 0.3) is 5.56 Å². The van der Waals surface area contributed by atoms with E-state index < -0.39 is 0 Å². The van der Waals surface area contributed by atoms with Crippen molar-refractivity contribution in [3.05, 3.63) is 94.6 Å². The Bertz CT molecular complexity index is 1700. The van der Waals surface area contributed by atoms with Crippen molar-refractivity contribution < 1.29 is 0 Å². The van der Waals surface area contributed by atoms with E-state index in [1.165, 1.54) is 0 Å². The van der Waals surface area contributed by atoms with Crippen molar-refractivity contribution in [2.75, 3.05) is 17.7 Å². The highest BCUT2D eigenvalue weighted by molar-refractivity contribution is 5.96. The number of hydrogen-bond acceptors (Lipinski definition) is 8. The molecule has 1 unspecified atom stereocenters. The molecular formula is C29H28N8O. The second-order valence-corrected chi connectivity index (χ2v) is 8.94. The number of anilines is 2. The zero-order valence-corrected chi connectivity index (χ0v) is 21.7. The molecular weight excluding hydrogens is 476 g/mol. The van der Waals surface area contributed by atoms with Gasteiger partial charge in [0.15, 0.2) is 5.82 Å². The fourth-order valence-electron chi connectivity index (χ4n) is 4.56. The highest BCUT2D eigenvalue weighted by Gasteiger charge is 2.21. The Morgan fingerprint density at radius 2 is 1.74 bits per heavy atom. The zero-order chi connectivity index (χ0) is 26.8. The van der Waals surface area contributed by atoms with Gasteiger partial charge in [0, 0.05) is 36.4 Å². The normalized spacial score (nSPS) is 11.8. The van der Waals surface area contributed by atoms with Crippen LogP contribution in [0, 0.1) is 13.8 Å².